The van der Waals surface area contributed by atoms with Gasteiger partial charge in [0.05, 0.1) is 19.0 Å². The van der Waals surface area contributed by atoms with E-state index in [0.29, 0.717) is 25.5 Å². The van der Waals surface area contributed by atoms with Gasteiger partial charge < -0.3 is 25.2 Å². The Labute approximate surface area is 160 Å². The Morgan fingerprint density at radius 2 is 2.00 bits per heavy atom. The predicted molar refractivity (Wildman–Crippen MR) is 110 cm³/mol. The molecule has 4 N–H and O–H groups in total. The number of amidine groups is 1. The van der Waals surface area contributed by atoms with Crippen LogP contribution in [-0.2, 0) is 21.1 Å². The van der Waals surface area contributed by atoms with Crippen LogP contribution < -0.4 is 11.1 Å². The van der Waals surface area contributed by atoms with Crippen LogP contribution in [0.5, 0.6) is 0 Å². The minimum atomic E-state index is -2.53. The van der Waals surface area contributed by atoms with Crippen LogP contribution in [0.1, 0.15) is 38.5 Å². The van der Waals surface area contributed by atoms with Gasteiger partial charge in [-0.3, -0.25) is 4.99 Å². The van der Waals surface area contributed by atoms with E-state index in [0.717, 1.165) is 44.3 Å². The Morgan fingerprint density at radius 3 is 2.68 bits per heavy atom. The summed E-state index contributed by atoms with van der Waals surface area (Å²) in [5, 5.41) is 2.70. The van der Waals surface area contributed by atoms with E-state index in [1.165, 1.54) is 0 Å². The minimum absolute atomic E-state index is 0.233. The van der Waals surface area contributed by atoms with Crippen LogP contribution in [0.25, 0.3) is 0 Å². The third-order valence-electron chi connectivity index (χ3n) is 3.09. The molecule has 0 aliphatic heterocycles. The van der Waals surface area contributed by atoms with Crippen LogP contribution in [-0.4, -0.2) is 61.8 Å². The van der Waals surface area contributed by atoms with Gasteiger partial charge in [-0.1, -0.05) is 12.8 Å². The monoisotopic (exact) mass is 413 g/mol. The lowest BCUT2D eigenvalue weighted by Gasteiger charge is -2.09. The van der Waals surface area contributed by atoms with Crippen molar-refractivity contribution in [1.29, 1.82) is 0 Å². The molecular weight excluding hydrogens is 381 g/mol. The molecule has 0 bridgehead atoms. The summed E-state index contributed by atoms with van der Waals surface area (Å²) in [6.45, 7) is 0.710. The molecule has 0 aromatic carbocycles. The maximum Gasteiger partial charge on any atom is 0.407 e. The second kappa shape index (κ2) is 15.9. The van der Waals surface area contributed by atoms with E-state index in [1.54, 1.807) is 18.4 Å². The summed E-state index contributed by atoms with van der Waals surface area (Å²) in [7, 11) is 0. The Bertz CT molecular complexity index is 433. The maximum atomic E-state index is 11.5. The van der Waals surface area contributed by atoms with Crippen LogP contribution in [0, 0.1) is 0 Å². The number of thioether (sulfide) groups is 1. The molecule has 0 spiro atoms. The zero-order valence-corrected chi connectivity index (χ0v) is 17.8. The zero-order valence-electron chi connectivity index (χ0n) is 15.2. The SMILES string of the molecule is CSCCCC(N)=NCCOC(=O)NCCCCCCOP(C)(O)=S. The fraction of sp³-hybridized carbons (Fsp3) is 0.867. The van der Waals surface area contributed by atoms with Gasteiger partial charge in [-0.15, -0.1) is 0 Å². The van der Waals surface area contributed by atoms with Gasteiger partial charge in [0.2, 0.25) is 0 Å². The average molecular weight is 414 g/mol. The highest BCUT2D eigenvalue weighted by Crippen LogP contribution is 2.37. The normalized spacial score (nSPS) is 14.1. The molecular formula is C15H32N3O4PS2. The highest BCUT2D eigenvalue weighted by Gasteiger charge is 2.03. The summed E-state index contributed by atoms with van der Waals surface area (Å²) in [5.41, 5.74) is 5.76. The first-order valence-electron chi connectivity index (χ1n) is 8.48. The number of aliphatic imine (C=N–C) groups is 1. The Balaban J connectivity index is 3.44. The molecule has 10 heteroatoms. The number of carbonyl (C=O) groups is 1. The molecule has 0 aromatic rings. The van der Waals surface area contributed by atoms with Crippen molar-refractivity contribution in [3.8, 4) is 0 Å². The van der Waals surface area contributed by atoms with E-state index in [1.807, 2.05) is 0 Å². The standard InChI is InChI=1S/C15H32N3O4PS2/c1-23(20,24)22-11-6-4-3-5-9-18-15(19)21-12-10-17-14(16)8-7-13-25-2/h3-13H2,1-2H3,(H2,16,17)(H,18,19)(H,20,24). The lowest BCUT2D eigenvalue weighted by Crippen LogP contribution is -2.26. The summed E-state index contributed by atoms with van der Waals surface area (Å²) in [6, 6.07) is 0. The van der Waals surface area contributed by atoms with E-state index >= 15 is 0 Å². The van der Waals surface area contributed by atoms with Crippen molar-refractivity contribution in [3.63, 3.8) is 0 Å². The van der Waals surface area contributed by atoms with Gasteiger partial charge in [0, 0.05) is 19.6 Å². The number of ether oxygens (including phenoxy) is 1. The number of hydrogen-bond acceptors (Lipinski definition) is 6. The Kier molecular flexibility index (Phi) is 15.7. The quantitative estimate of drug-likeness (QED) is 0.164. The molecule has 7 nitrogen and oxygen atoms in total. The summed E-state index contributed by atoms with van der Waals surface area (Å²) in [5.74, 6) is 1.68. The lowest BCUT2D eigenvalue weighted by atomic mass is 10.2. The number of rotatable bonds is 15. The van der Waals surface area contributed by atoms with Crippen molar-refractivity contribution in [1.82, 2.24) is 5.32 Å². The molecule has 148 valence electrons. The third-order valence-corrected chi connectivity index (χ3v) is 4.77. The molecule has 0 saturated heterocycles. The minimum Gasteiger partial charge on any atom is -0.448 e. The number of nitrogens with two attached hydrogens (primary N) is 1. The van der Waals surface area contributed by atoms with Gasteiger partial charge >= 0.3 is 6.09 Å². The molecule has 0 radical (unpaired) electrons. The number of nitrogens with zero attached hydrogens (tertiary/aromatic N) is 1. The Hall–Kier alpha value is -0.340. The van der Waals surface area contributed by atoms with Gasteiger partial charge in [-0.05, 0) is 43.1 Å². The molecule has 0 fully saturated rings. The van der Waals surface area contributed by atoms with Crippen molar-refractivity contribution in [2.45, 2.75) is 38.5 Å². The molecule has 0 rings (SSSR count). The van der Waals surface area contributed by atoms with Crippen molar-refractivity contribution in [3.05, 3.63) is 0 Å². The fourth-order valence-corrected chi connectivity index (χ4v) is 2.98. The van der Waals surface area contributed by atoms with E-state index in [2.05, 4.69) is 16.6 Å². The molecule has 0 heterocycles. The molecule has 0 saturated carbocycles. The first kappa shape index (κ1) is 24.7. The molecule has 1 atom stereocenters. The van der Waals surface area contributed by atoms with Gasteiger partial charge in [0.15, 0.2) is 6.49 Å². The molecule has 25 heavy (non-hydrogen) atoms. The summed E-state index contributed by atoms with van der Waals surface area (Å²) < 4.78 is 10.2. The predicted octanol–water partition coefficient (Wildman–Crippen LogP) is 2.72. The van der Waals surface area contributed by atoms with Gasteiger partial charge in [-0.2, -0.15) is 11.8 Å². The number of amides is 1. The van der Waals surface area contributed by atoms with E-state index < -0.39 is 12.6 Å². The number of hydrogen-bond donors (Lipinski definition) is 3. The third kappa shape index (κ3) is 19.8. The summed E-state index contributed by atoms with van der Waals surface area (Å²) in [6.07, 6.45) is 7.09. The molecule has 0 aliphatic carbocycles. The molecule has 0 aromatic heterocycles. The van der Waals surface area contributed by atoms with Crippen LogP contribution in [0.2, 0.25) is 0 Å². The van der Waals surface area contributed by atoms with Gasteiger partial charge in [0.25, 0.3) is 0 Å². The zero-order chi connectivity index (χ0) is 19.0. The molecule has 0 aliphatic rings. The summed E-state index contributed by atoms with van der Waals surface area (Å²) in [4.78, 5) is 25.0. The van der Waals surface area contributed by atoms with Gasteiger partial charge in [-0.25, -0.2) is 4.79 Å². The first-order valence-corrected chi connectivity index (χ1v) is 13.0. The maximum absolute atomic E-state index is 11.5. The number of carbonyl (C=O) groups excluding carboxylic acids is 1. The molecule has 1 amide bonds. The summed E-state index contributed by atoms with van der Waals surface area (Å²) >= 11 is 6.57. The van der Waals surface area contributed by atoms with Crippen LogP contribution in [0.4, 0.5) is 4.79 Å². The van der Waals surface area contributed by atoms with Crippen molar-refractivity contribution < 1.29 is 18.9 Å². The number of unbranched alkanes of at least 4 members (excludes halogenated alkanes) is 3. The van der Waals surface area contributed by atoms with Crippen LogP contribution in [0.15, 0.2) is 4.99 Å². The van der Waals surface area contributed by atoms with Gasteiger partial charge in [0.1, 0.15) is 6.61 Å². The average Bonchev–Trinajstić information content (AvgIpc) is 2.53. The van der Waals surface area contributed by atoms with Crippen molar-refractivity contribution >= 4 is 42.0 Å². The number of nitrogens with one attached hydrogen (secondary N) is 1. The van der Waals surface area contributed by atoms with Crippen LogP contribution >= 0.6 is 18.3 Å². The largest absolute Gasteiger partial charge is 0.448 e. The number of alkyl carbamates (subject to hydrolysis) is 1. The second-order valence-electron chi connectivity index (χ2n) is 5.58. The van der Waals surface area contributed by atoms with E-state index in [4.69, 9.17) is 26.8 Å². The van der Waals surface area contributed by atoms with Crippen molar-refractivity contribution in [2.24, 2.45) is 10.7 Å². The fourth-order valence-electron chi connectivity index (χ4n) is 1.86. The van der Waals surface area contributed by atoms with Crippen LogP contribution in [0.3, 0.4) is 0 Å². The van der Waals surface area contributed by atoms with E-state index in [-0.39, 0.29) is 6.61 Å². The lowest BCUT2D eigenvalue weighted by molar-refractivity contribution is 0.149. The topological polar surface area (TPSA) is 106 Å². The highest BCUT2D eigenvalue weighted by molar-refractivity contribution is 8.09. The smallest absolute Gasteiger partial charge is 0.407 e. The highest BCUT2D eigenvalue weighted by atomic mass is 32.5. The second-order valence-corrected chi connectivity index (χ2v) is 10.5. The Morgan fingerprint density at radius 1 is 1.28 bits per heavy atom. The first-order chi connectivity index (χ1) is 11.8. The van der Waals surface area contributed by atoms with E-state index in [9.17, 15) is 9.69 Å². The molecule has 1 unspecified atom stereocenters. The van der Waals surface area contributed by atoms with Crippen molar-refractivity contribution in [2.75, 3.05) is 45.0 Å².